The maximum Gasteiger partial charge on any atom is 0.379 e. The maximum absolute atomic E-state index is 13.2. The molecule has 0 aliphatic heterocycles. The van der Waals surface area contributed by atoms with E-state index in [1.807, 2.05) is 0 Å². The number of sulfone groups is 1. The Morgan fingerprint density at radius 1 is 1.31 bits per heavy atom. The predicted molar refractivity (Wildman–Crippen MR) is 51.1 cm³/mol. The van der Waals surface area contributed by atoms with Crippen molar-refractivity contribution in [2.75, 3.05) is 6.26 Å². The van der Waals surface area contributed by atoms with Gasteiger partial charge in [-0.25, -0.2) is 13.2 Å². The SMILES string of the molecule is CS(=O)(=O)c1ccccc1C(F)(F)C(=O)O. The molecule has 0 aliphatic rings. The van der Waals surface area contributed by atoms with E-state index in [2.05, 4.69) is 0 Å². The lowest BCUT2D eigenvalue weighted by molar-refractivity contribution is -0.166. The van der Waals surface area contributed by atoms with E-state index >= 15 is 0 Å². The van der Waals surface area contributed by atoms with Gasteiger partial charge in [0.15, 0.2) is 9.84 Å². The molecule has 88 valence electrons. The van der Waals surface area contributed by atoms with Crippen molar-refractivity contribution >= 4 is 15.8 Å². The van der Waals surface area contributed by atoms with Crippen molar-refractivity contribution in [2.24, 2.45) is 0 Å². The molecule has 0 saturated carbocycles. The number of halogens is 2. The fourth-order valence-corrected chi connectivity index (χ4v) is 2.09. The van der Waals surface area contributed by atoms with Gasteiger partial charge in [-0.05, 0) is 6.07 Å². The van der Waals surface area contributed by atoms with E-state index in [0.29, 0.717) is 0 Å². The fourth-order valence-electron chi connectivity index (χ4n) is 1.16. The third-order valence-electron chi connectivity index (χ3n) is 1.89. The number of rotatable bonds is 3. The zero-order chi connectivity index (χ0) is 12.6. The van der Waals surface area contributed by atoms with E-state index in [1.165, 1.54) is 6.07 Å². The Morgan fingerprint density at radius 3 is 2.25 bits per heavy atom. The summed E-state index contributed by atoms with van der Waals surface area (Å²) in [5, 5.41) is 8.34. The topological polar surface area (TPSA) is 71.4 Å². The van der Waals surface area contributed by atoms with Gasteiger partial charge in [-0.3, -0.25) is 0 Å². The molecule has 1 aromatic carbocycles. The average Bonchev–Trinajstić information content (AvgIpc) is 2.16. The van der Waals surface area contributed by atoms with Crippen LogP contribution in [0.4, 0.5) is 8.78 Å². The molecule has 7 heteroatoms. The van der Waals surface area contributed by atoms with Gasteiger partial charge in [-0.1, -0.05) is 18.2 Å². The van der Waals surface area contributed by atoms with Crippen molar-refractivity contribution in [3.05, 3.63) is 29.8 Å². The monoisotopic (exact) mass is 250 g/mol. The summed E-state index contributed by atoms with van der Waals surface area (Å²) in [7, 11) is -3.89. The zero-order valence-corrected chi connectivity index (χ0v) is 8.96. The van der Waals surface area contributed by atoms with Crippen LogP contribution < -0.4 is 0 Å². The first-order chi connectivity index (χ1) is 7.17. The Balaban J connectivity index is 3.53. The summed E-state index contributed by atoms with van der Waals surface area (Å²) < 4.78 is 48.8. The molecule has 1 rings (SSSR count). The number of hydrogen-bond donors (Lipinski definition) is 1. The summed E-state index contributed by atoms with van der Waals surface area (Å²) in [6.07, 6.45) is 0.740. The predicted octanol–water partition coefficient (Wildman–Crippen LogP) is 1.27. The molecule has 1 aromatic rings. The van der Waals surface area contributed by atoms with Crippen LogP contribution in [0, 0.1) is 0 Å². The van der Waals surface area contributed by atoms with Gasteiger partial charge in [0, 0.05) is 6.26 Å². The third-order valence-corrected chi connectivity index (χ3v) is 3.05. The summed E-state index contributed by atoms with van der Waals surface area (Å²) in [5.41, 5.74) is -1.02. The molecule has 0 radical (unpaired) electrons. The number of carboxylic acids is 1. The molecular formula is C9H8F2O4S. The van der Waals surface area contributed by atoms with Crippen LogP contribution in [-0.4, -0.2) is 25.7 Å². The maximum atomic E-state index is 13.2. The van der Waals surface area contributed by atoms with Crippen molar-refractivity contribution in [3.63, 3.8) is 0 Å². The smallest absolute Gasteiger partial charge is 0.379 e. The highest BCUT2D eigenvalue weighted by atomic mass is 32.2. The number of hydrogen-bond acceptors (Lipinski definition) is 3. The van der Waals surface area contributed by atoms with Crippen molar-refractivity contribution in [3.8, 4) is 0 Å². The molecule has 0 saturated heterocycles. The fraction of sp³-hybridized carbons (Fsp3) is 0.222. The summed E-state index contributed by atoms with van der Waals surface area (Å²) in [6, 6.07) is 4.13. The molecule has 4 nitrogen and oxygen atoms in total. The highest BCUT2D eigenvalue weighted by Gasteiger charge is 2.44. The highest BCUT2D eigenvalue weighted by molar-refractivity contribution is 7.90. The van der Waals surface area contributed by atoms with Crippen LogP contribution in [0.25, 0.3) is 0 Å². The standard InChI is InChI=1S/C9H8F2O4S/c1-16(14,15)7-5-3-2-4-6(7)9(10,11)8(12)13/h2-5H,1H3,(H,12,13). The van der Waals surface area contributed by atoms with E-state index < -0.39 is 32.2 Å². The van der Waals surface area contributed by atoms with Crippen molar-refractivity contribution < 1.29 is 27.1 Å². The molecule has 16 heavy (non-hydrogen) atoms. The Hall–Kier alpha value is -1.50. The quantitative estimate of drug-likeness (QED) is 0.876. The van der Waals surface area contributed by atoms with Gasteiger partial charge in [-0.2, -0.15) is 8.78 Å². The molecule has 0 atom stereocenters. The van der Waals surface area contributed by atoms with Crippen LogP contribution in [0.3, 0.4) is 0 Å². The molecule has 0 bridgehead atoms. The van der Waals surface area contributed by atoms with Crippen LogP contribution in [-0.2, 0) is 20.6 Å². The molecule has 0 spiro atoms. The zero-order valence-electron chi connectivity index (χ0n) is 8.15. The number of carboxylic acid groups (broad SMARTS) is 1. The molecule has 0 heterocycles. The molecule has 0 aliphatic carbocycles. The Labute approximate surface area is 90.4 Å². The van der Waals surface area contributed by atoms with Gasteiger partial charge in [0.05, 0.1) is 10.5 Å². The minimum Gasteiger partial charge on any atom is -0.477 e. The lowest BCUT2D eigenvalue weighted by Gasteiger charge is -2.14. The van der Waals surface area contributed by atoms with E-state index in [1.54, 1.807) is 0 Å². The van der Waals surface area contributed by atoms with Crippen LogP contribution in [0.5, 0.6) is 0 Å². The van der Waals surface area contributed by atoms with Crippen LogP contribution in [0.1, 0.15) is 5.56 Å². The molecule has 0 fully saturated rings. The number of aliphatic carboxylic acids is 1. The summed E-state index contributed by atoms with van der Waals surface area (Å²) >= 11 is 0. The van der Waals surface area contributed by atoms with E-state index in [0.717, 1.165) is 24.5 Å². The minimum absolute atomic E-state index is 0.678. The summed E-state index contributed by atoms with van der Waals surface area (Å²) in [4.78, 5) is 9.68. The second-order valence-corrected chi connectivity index (χ2v) is 5.13. The Kier molecular flexibility index (Phi) is 3.00. The van der Waals surface area contributed by atoms with Gasteiger partial charge in [-0.15, -0.1) is 0 Å². The molecule has 1 N–H and O–H groups in total. The Morgan fingerprint density at radius 2 is 1.81 bits per heavy atom. The van der Waals surface area contributed by atoms with E-state index in [-0.39, 0.29) is 0 Å². The second-order valence-electron chi connectivity index (χ2n) is 3.15. The summed E-state index contributed by atoms with van der Waals surface area (Å²) in [6.45, 7) is 0. The molecule has 0 unspecified atom stereocenters. The van der Waals surface area contributed by atoms with Crippen LogP contribution in [0.2, 0.25) is 0 Å². The first kappa shape index (κ1) is 12.6. The van der Waals surface area contributed by atoms with E-state index in [9.17, 15) is 22.0 Å². The third kappa shape index (κ3) is 2.19. The van der Waals surface area contributed by atoms with Crippen molar-refractivity contribution in [1.82, 2.24) is 0 Å². The average molecular weight is 250 g/mol. The first-order valence-electron chi connectivity index (χ1n) is 4.08. The molecular weight excluding hydrogens is 242 g/mol. The van der Waals surface area contributed by atoms with Gasteiger partial charge < -0.3 is 5.11 Å². The van der Waals surface area contributed by atoms with Gasteiger partial charge in [0.25, 0.3) is 0 Å². The molecule has 0 amide bonds. The van der Waals surface area contributed by atoms with E-state index in [4.69, 9.17) is 5.11 Å². The minimum atomic E-state index is -4.22. The van der Waals surface area contributed by atoms with Crippen molar-refractivity contribution in [2.45, 2.75) is 10.8 Å². The second kappa shape index (κ2) is 3.82. The number of alkyl halides is 2. The Bertz CT molecular complexity index is 522. The highest BCUT2D eigenvalue weighted by Crippen LogP contribution is 2.32. The number of benzene rings is 1. The lowest BCUT2D eigenvalue weighted by Crippen LogP contribution is -2.27. The number of carbonyl (C=O) groups is 1. The largest absolute Gasteiger partial charge is 0.477 e. The van der Waals surface area contributed by atoms with Crippen LogP contribution >= 0.6 is 0 Å². The van der Waals surface area contributed by atoms with Crippen molar-refractivity contribution in [1.29, 1.82) is 0 Å². The lowest BCUT2D eigenvalue weighted by atomic mass is 10.1. The summed E-state index contributed by atoms with van der Waals surface area (Å²) in [5.74, 6) is -6.61. The molecule has 0 aromatic heterocycles. The first-order valence-corrected chi connectivity index (χ1v) is 5.97. The van der Waals surface area contributed by atoms with Crippen LogP contribution in [0.15, 0.2) is 29.2 Å². The van der Waals surface area contributed by atoms with Gasteiger partial charge in [0.2, 0.25) is 0 Å². The van der Waals surface area contributed by atoms with Gasteiger partial charge in [0.1, 0.15) is 0 Å². The van der Waals surface area contributed by atoms with Gasteiger partial charge >= 0.3 is 11.9 Å². The normalized spacial score (nSPS) is 12.4.